The van der Waals surface area contributed by atoms with E-state index in [0.29, 0.717) is 12.5 Å². The first-order chi connectivity index (χ1) is 8.08. The van der Waals surface area contributed by atoms with Crippen LogP contribution in [-0.4, -0.2) is 31.0 Å². The van der Waals surface area contributed by atoms with E-state index in [2.05, 4.69) is 14.7 Å². The van der Waals surface area contributed by atoms with Gasteiger partial charge in [0.1, 0.15) is 0 Å². The van der Waals surface area contributed by atoms with Gasteiger partial charge in [-0.2, -0.15) is 0 Å². The van der Waals surface area contributed by atoms with Gasteiger partial charge in [-0.1, -0.05) is 0 Å². The first-order valence-electron chi connectivity index (χ1n) is 5.81. The van der Waals surface area contributed by atoms with Crippen LogP contribution in [0.4, 0.5) is 0 Å². The summed E-state index contributed by atoms with van der Waals surface area (Å²) in [4.78, 5) is 6.29. The number of aromatic nitrogens is 2. The molecular formula is C10H18N4O2S. The van der Waals surface area contributed by atoms with E-state index < -0.39 is 10.0 Å². The Morgan fingerprint density at radius 1 is 1.41 bits per heavy atom. The van der Waals surface area contributed by atoms with Crippen molar-refractivity contribution in [2.45, 2.75) is 36.8 Å². The number of aromatic amines is 1. The van der Waals surface area contributed by atoms with Crippen LogP contribution in [0.3, 0.4) is 0 Å². The molecule has 7 heteroatoms. The van der Waals surface area contributed by atoms with E-state index >= 15 is 0 Å². The number of nitrogens with one attached hydrogen (secondary N) is 2. The van der Waals surface area contributed by atoms with Gasteiger partial charge in [-0.05, 0) is 31.6 Å². The Morgan fingerprint density at radius 2 is 2.12 bits per heavy atom. The molecule has 1 aromatic heterocycles. The molecule has 0 spiro atoms. The Bertz CT molecular complexity index is 435. The molecule has 2 rings (SSSR count). The maximum absolute atomic E-state index is 11.8. The molecule has 1 saturated carbocycles. The van der Waals surface area contributed by atoms with Crippen LogP contribution in [0.15, 0.2) is 17.6 Å². The number of imidazole rings is 1. The van der Waals surface area contributed by atoms with Gasteiger partial charge in [-0.15, -0.1) is 0 Å². The molecule has 0 aliphatic heterocycles. The number of hydrogen-bond donors (Lipinski definition) is 3. The smallest absolute Gasteiger partial charge is 0.257 e. The third-order valence-electron chi connectivity index (χ3n) is 3.22. The van der Waals surface area contributed by atoms with Crippen LogP contribution in [0.2, 0.25) is 0 Å². The summed E-state index contributed by atoms with van der Waals surface area (Å²) >= 11 is 0. The number of nitrogens with zero attached hydrogens (tertiary/aromatic N) is 1. The highest BCUT2D eigenvalue weighted by Crippen LogP contribution is 2.22. The first kappa shape index (κ1) is 12.5. The van der Waals surface area contributed by atoms with Gasteiger partial charge in [0.15, 0.2) is 5.03 Å². The van der Waals surface area contributed by atoms with Crippen molar-refractivity contribution < 1.29 is 8.42 Å². The average molecular weight is 258 g/mol. The summed E-state index contributed by atoms with van der Waals surface area (Å²) in [5.41, 5.74) is 5.80. The predicted octanol–water partition coefficient (Wildman–Crippen LogP) is 0.205. The Kier molecular flexibility index (Phi) is 3.80. The zero-order valence-electron chi connectivity index (χ0n) is 9.59. The van der Waals surface area contributed by atoms with Crippen LogP contribution in [0.25, 0.3) is 0 Å². The quantitative estimate of drug-likeness (QED) is 0.718. The van der Waals surface area contributed by atoms with E-state index in [1.807, 2.05) is 0 Å². The summed E-state index contributed by atoms with van der Waals surface area (Å²) in [6.07, 6.45) is 6.61. The zero-order valence-corrected chi connectivity index (χ0v) is 10.4. The summed E-state index contributed by atoms with van der Waals surface area (Å²) in [7, 11) is -3.43. The lowest BCUT2D eigenvalue weighted by molar-refractivity contribution is 0.326. The fraction of sp³-hybridized carbons (Fsp3) is 0.700. The van der Waals surface area contributed by atoms with Gasteiger partial charge in [-0.25, -0.2) is 18.1 Å². The molecule has 0 radical (unpaired) electrons. The molecule has 0 bridgehead atoms. The molecule has 0 saturated heterocycles. The zero-order chi connectivity index (χ0) is 12.3. The maximum atomic E-state index is 11.8. The lowest BCUT2D eigenvalue weighted by atomic mass is 9.87. The van der Waals surface area contributed by atoms with Crippen LogP contribution in [0.5, 0.6) is 0 Å². The van der Waals surface area contributed by atoms with Crippen molar-refractivity contribution in [3.05, 3.63) is 12.5 Å². The number of rotatable bonds is 4. The van der Waals surface area contributed by atoms with Gasteiger partial charge in [0.2, 0.25) is 0 Å². The van der Waals surface area contributed by atoms with E-state index in [9.17, 15) is 8.42 Å². The third kappa shape index (κ3) is 3.27. The van der Waals surface area contributed by atoms with Crippen molar-refractivity contribution in [3.63, 3.8) is 0 Å². The van der Waals surface area contributed by atoms with Crippen molar-refractivity contribution in [1.82, 2.24) is 14.7 Å². The van der Waals surface area contributed by atoms with Crippen molar-refractivity contribution in [2.75, 3.05) is 6.54 Å². The molecular weight excluding hydrogens is 240 g/mol. The summed E-state index contributed by atoms with van der Waals surface area (Å²) in [6.45, 7) is 0.480. The molecule has 6 nitrogen and oxygen atoms in total. The molecule has 1 heterocycles. The van der Waals surface area contributed by atoms with E-state index in [4.69, 9.17) is 5.73 Å². The topological polar surface area (TPSA) is 101 Å². The van der Waals surface area contributed by atoms with Gasteiger partial charge in [0.05, 0.1) is 12.5 Å². The molecule has 1 fully saturated rings. The molecule has 0 unspecified atom stereocenters. The highest BCUT2D eigenvalue weighted by molar-refractivity contribution is 7.89. The predicted molar refractivity (Wildman–Crippen MR) is 63.7 cm³/mol. The molecule has 1 aromatic rings. The lowest BCUT2D eigenvalue weighted by Gasteiger charge is -2.25. The average Bonchev–Trinajstić information content (AvgIpc) is 2.82. The fourth-order valence-corrected chi connectivity index (χ4v) is 3.11. The summed E-state index contributed by atoms with van der Waals surface area (Å²) in [5, 5.41) is 0.116. The molecule has 0 aromatic carbocycles. The van der Waals surface area contributed by atoms with Crippen LogP contribution in [0, 0.1) is 5.92 Å². The minimum atomic E-state index is -3.43. The summed E-state index contributed by atoms with van der Waals surface area (Å²) in [6, 6.07) is 0.287. The number of H-pyrrole nitrogens is 1. The van der Waals surface area contributed by atoms with Crippen LogP contribution >= 0.6 is 0 Å². The Labute approximate surface area is 101 Å². The van der Waals surface area contributed by atoms with Crippen molar-refractivity contribution in [2.24, 2.45) is 11.7 Å². The second kappa shape index (κ2) is 5.16. The van der Waals surface area contributed by atoms with Crippen molar-refractivity contribution in [3.8, 4) is 0 Å². The van der Waals surface area contributed by atoms with Gasteiger partial charge < -0.3 is 10.7 Å². The second-order valence-corrected chi connectivity index (χ2v) is 6.28. The molecule has 0 atom stereocenters. The van der Waals surface area contributed by atoms with Gasteiger partial charge >= 0.3 is 0 Å². The SMILES string of the molecule is NC1CCC(CNS(=O)(=O)c2cnc[nH]2)CC1. The van der Waals surface area contributed by atoms with Gasteiger partial charge in [-0.3, -0.25) is 0 Å². The standard InChI is InChI=1S/C10H18N4O2S/c11-9-3-1-8(2-4-9)5-14-17(15,16)10-6-12-7-13-10/h6-9,14H,1-5,11H2,(H,12,13). The van der Waals surface area contributed by atoms with Gasteiger partial charge in [0, 0.05) is 12.6 Å². The summed E-state index contributed by atoms with van der Waals surface area (Å²) in [5.74, 6) is 0.396. The van der Waals surface area contributed by atoms with E-state index in [-0.39, 0.29) is 11.1 Å². The molecule has 96 valence electrons. The van der Waals surface area contributed by atoms with Crippen LogP contribution < -0.4 is 10.5 Å². The Balaban J connectivity index is 1.86. The fourth-order valence-electron chi connectivity index (χ4n) is 2.09. The number of nitrogens with two attached hydrogens (primary N) is 1. The highest BCUT2D eigenvalue weighted by atomic mass is 32.2. The Morgan fingerprint density at radius 3 is 2.71 bits per heavy atom. The number of hydrogen-bond acceptors (Lipinski definition) is 4. The molecule has 1 aliphatic carbocycles. The molecule has 0 amide bonds. The highest BCUT2D eigenvalue weighted by Gasteiger charge is 2.21. The minimum absolute atomic E-state index is 0.116. The van der Waals surface area contributed by atoms with E-state index in [1.165, 1.54) is 12.5 Å². The largest absolute Gasteiger partial charge is 0.335 e. The monoisotopic (exact) mass is 258 g/mol. The van der Waals surface area contributed by atoms with Gasteiger partial charge in [0.25, 0.3) is 10.0 Å². The lowest BCUT2D eigenvalue weighted by Crippen LogP contribution is -2.34. The molecule has 4 N–H and O–H groups in total. The third-order valence-corrected chi connectivity index (χ3v) is 4.57. The number of sulfonamides is 1. The first-order valence-corrected chi connectivity index (χ1v) is 7.30. The normalized spacial score (nSPS) is 25.9. The van der Waals surface area contributed by atoms with Crippen molar-refractivity contribution >= 4 is 10.0 Å². The van der Waals surface area contributed by atoms with E-state index in [0.717, 1.165) is 25.7 Å². The second-order valence-electron chi connectivity index (χ2n) is 4.55. The van der Waals surface area contributed by atoms with Crippen LogP contribution in [0.1, 0.15) is 25.7 Å². The molecule has 17 heavy (non-hydrogen) atoms. The van der Waals surface area contributed by atoms with Crippen LogP contribution in [-0.2, 0) is 10.0 Å². The van der Waals surface area contributed by atoms with Crippen molar-refractivity contribution in [1.29, 1.82) is 0 Å². The Hall–Kier alpha value is -0.920. The molecule has 1 aliphatic rings. The summed E-state index contributed by atoms with van der Waals surface area (Å²) < 4.78 is 26.2. The van der Waals surface area contributed by atoms with E-state index in [1.54, 1.807) is 0 Å². The minimum Gasteiger partial charge on any atom is -0.335 e. The maximum Gasteiger partial charge on any atom is 0.257 e.